The Balaban J connectivity index is 2.17. The van der Waals surface area contributed by atoms with Gasteiger partial charge in [0, 0.05) is 29.4 Å². The van der Waals surface area contributed by atoms with E-state index in [-0.39, 0.29) is 0 Å². The lowest BCUT2D eigenvalue weighted by molar-refractivity contribution is 0.164. The Kier molecular flexibility index (Phi) is 2.93. The minimum absolute atomic E-state index is 0.437. The van der Waals surface area contributed by atoms with E-state index in [1.54, 1.807) is 7.11 Å². The predicted molar refractivity (Wildman–Crippen MR) is 88.5 cm³/mol. The van der Waals surface area contributed by atoms with Crippen molar-refractivity contribution in [3.63, 3.8) is 0 Å². The Bertz CT molecular complexity index is 895. The van der Waals surface area contributed by atoms with Gasteiger partial charge < -0.3 is 20.1 Å². The Hall–Kier alpha value is -2.04. The van der Waals surface area contributed by atoms with Gasteiger partial charge in [-0.2, -0.15) is 0 Å². The highest BCUT2D eigenvalue weighted by molar-refractivity contribution is 6.11. The number of fused-ring (bicyclic) bond motifs is 4. The number of methoxy groups -OCH3 is 1. The van der Waals surface area contributed by atoms with Gasteiger partial charge in [-0.1, -0.05) is 0 Å². The molecule has 0 amide bonds. The Labute approximate surface area is 129 Å². The third-order valence-corrected chi connectivity index (χ3v) is 4.91. The third kappa shape index (κ3) is 1.71. The van der Waals surface area contributed by atoms with E-state index in [9.17, 15) is 5.11 Å². The smallest absolute Gasteiger partial charge is 0.119 e. The SMILES string of the molecule is COc1ccc2[nH]c3c(C)c4c(c(C)c3c2c1)CNCC4O. The van der Waals surface area contributed by atoms with Crippen LogP contribution in [0.5, 0.6) is 5.75 Å². The van der Waals surface area contributed by atoms with Crippen molar-refractivity contribution in [3.05, 3.63) is 40.5 Å². The van der Waals surface area contributed by atoms with Crippen molar-refractivity contribution >= 4 is 21.8 Å². The summed E-state index contributed by atoms with van der Waals surface area (Å²) < 4.78 is 5.37. The van der Waals surface area contributed by atoms with Crippen LogP contribution in [0.2, 0.25) is 0 Å². The van der Waals surface area contributed by atoms with E-state index in [1.807, 2.05) is 6.07 Å². The van der Waals surface area contributed by atoms with Gasteiger partial charge in [0.15, 0.2) is 0 Å². The standard InChI is InChI=1S/C18H20N2O2/c1-9-13-7-19-8-15(21)16(13)10(2)18-17(9)12-6-11(22-3)4-5-14(12)20-18/h4-6,15,19-21H,7-8H2,1-3H3. The summed E-state index contributed by atoms with van der Waals surface area (Å²) in [6.07, 6.45) is -0.437. The van der Waals surface area contributed by atoms with Crippen molar-refractivity contribution in [2.24, 2.45) is 0 Å². The molecule has 0 aliphatic carbocycles. The molecule has 0 radical (unpaired) electrons. The van der Waals surface area contributed by atoms with Crippen LogP contribution in [0.15, 0.2) is 18.2 Å². The molecular formula is C18H20N2O2. The fraction of sp³-hybridized carbons (Fsp3) is 0.333. The van der Waals surface area contributed by atoms with Crippen LogP contribution in [-0.2, 0) is 6.54 Å². The van der Waals surface area contributed by atoms with Crippen LogP contribution in [-0.4, -0.2) is 23.7 Å². The van der Waals surface area contributed by atoms with Crippen LogP contribution in [0.25, 0.3) is 21.8 Å². The normalized spacial score (nSPS) is 17.9. The van der Waals surface area contributed by atoms with E-state index in [0.717, 1.165) is 34.5 Å². The maximum Gasteiger partial charge on any atom is 0.119 e. The third-order valence-electron chi connectivity index (χ3n) is 4.91. The van der Waals surface area contributed by atoms with Crippen molar-refractivity contribution in [1.29, 1.82) is 0 Å². The molecule has 1 aliphatic rings. The van der Waals surface area contributed by atoms with Gasteiger partial charge >= 0.3 is 0 Å². The molecule has 1 unspecified atom stereocenters. The minimum Gasteiger partial charge on any atom is -0.497 e. The maximum absolute atomic E-state index is 10.4. The first-order valence-corrected chi connectivity index (χ1v) is 7.62. The van der Waals surface area contributed by atoms with Gasteiger partial charge in [-0.25, -0.2) is 0 Å². The van der Waals surface area contributed by atoms with Crippen LogP contribution in [0.3, 0.4) is 0 Å². The van der Waals surface area contributed by atoms with Crippen LogP contribution < -0.4 is 10.1 Å². The summed E-state index contributed by atoms with van der Waals surface area (Å²) in [5.74, 6) is 0.862. The molecule has 0 fully saturated rings. The number of hydrogen-bond acceptors (Lipinski definition) is 3. The van der Waals surface area contributed by atoms with Crippen LogP contribution in [0.1, 0.15) is 28.4 Å². The van der Waals surface area contributed by atoms with Crippen molar-refractivity contribution in [1.82, 2.24) is 10.3 Å². The van der Waals surface area contributed by atoms with E-state index in [0.29, 0.717) is 6.54 Å². The number of nitrogens with one attached hydrogen (secondary N) is 2. The molecule has 0 bridgehead atoms. The summed E-state index contributed by atoms with van der Waals surface area (Å²) in [6.45, 7) is 5.67. The average molecular weight is 296 g/mol. The van der Waals surface area contributed by atoms with Crippen molar-refractivity contribution in [2.45, 2.75) is 26.5 Å². The molecular weight excluding hydrogens is 276 g/mol. The molecule has 4 rings (SSSR count). The number of aryl methyl sites for hydroxylation is 2. The van der Waals surface area contributed by atoms with Gasteiger partial charge in [-0.15, -0.1) is 0 Å². The number of aromatic nitrogens is 1. The number of rotatable bonds is 1. The van der Waals surface area contributed by atoms with E-state index < -0.39 is 6.10 Å². The highest BCUT2D eigenvalue weighted by Gasteiger charge is 2.25. The molecule has 0 saturated carbocycles. The fourth-order valence-corrected chi connectivity index (χ4v) is 3.80. The first-order valence-electron chi connectivity index (χ1n) is 7.62. The van der Waals surface area contributed by atoms with Crippen LogP contribution in [0.4, 0.5) is 0 Å². The second-order valence-corrected chi connectivity index (χ2v) is 6.08. The maximum atomic E-state index is 10.4. The van der Waals surface area contributed by atoms with E-state index in [2.05, 4.69) is 36.3 Å². The largest absolute Gasteiger partial charge is 0.497 e. The summed E-state index contributed by atoms with van der Waals surface area (Å²) >= 11 is 0. The number of benzene rings is 2. The van der Waals surface area contributed by atoms with E-state index in [1.165, 1.54) is 21.9 Å². The van der Waals surface area contributed by atoms with E-state index in [4.69, 9.17) is 4.74 Å². The molecule has 3 aromatic rings. The molecule has 1 aliphatic heterocycles. The summed E-state index contributed by atoms with van der Waals surface area (Å²) in [7, 11) is 1.69. The Morgan fingerprint density at radius 1 is 1.23 bits per heavy atom. The molecule has 4 nitrogen and oxygen atoms in total. The molecule has 0 saturated heterocycles. The topological polar surface area (TPSA) is 57.3 Å². The molecule has 1 aromatic heterocycles. The fourth-order valence-electron chi connectivity index (χ4n) is 3.80. The van der Waals surface area contributed by atoms with Crippen molar-refractivity contribution in [3.8, 4) is 5.75 Å². The van der Waals surface area contributed by atoms with E-state index >= 15 is 0 Å². The molecule has 2 aromatic carbocycles. The lowest BCUT2D eigenvalue weighted by atomic mass is 9.87. The lowest BCUT2D eigenvalue weighted by Gasteiger charge is -2.27. The van der Waals surface area contributed by atoms with Gasteiger partial charge in [0.25, 0.3) is 0 Å². The number of aromatic amines is 1. The molecule has 1 atom stereocenters. The van der Waals surface area contributed by atoms with Gasteiger partial charge in [0.2, 0.25) is 0 Å². The average Bonchev–Trinajstić information content (AvgIpc) is 2.91. The summed E-state index contributed by atoms with van der Waals surface area (Å²) in [6, 6.07) is 6.11. The van der Waals surface area contributed by atoms with Crippen molar-refractivity contribution < 1.29 is 9.84 Å². The Morgan fingerprint density at radius 2 is 2.05 bits per heavy atom. The van der Waals surface area contributed by atoms with Crippen LogP contribution in [0, 0.1) is 13.8 Å². The zero-order chi connectivity index (χ0) is 15.4. The molecule has 0 spiro atoms. The van der Waals surface area contributed by atoms with Gasteiger partial charge in [0.05, 0.1) is 18.7 Å². The predicted octanol–water partition coefficient (Wildman–Crippen LogP) is 3.08. The number of β-amino-alcohol motifs (C(OH)–C–C–N with tert-alkyl or cyclic N) is 1. The summed E-state index contributed by atoms with van der Waals surface area (Å²) in [4.78, 5) is 3.52. The summed E-state index contributed by atoms with van der Waals surface area (Å²) in [5.41, 5.74) is 6.93. The molecule has 22 heavy (non-hydrogen) atoms. The van der Waals surface area contributed by atoms with Crippen LogP contribution >= 0.6 is 0 Å². The Morgan fingerprint density at radius 3 is 2.82 bits per heavy atom. The van der Waals surface area contributed by atoms with Gasteiger partial charge in [-0.3, -0.25) is 0 Å². The molecule has 3 N–H and O–H groups in total. The molecule has 114 valence electrons. The lowest BCUT2D eigenvalue weighted by Crippen LogP contribution is -2.29. The monoisotopic (exact) mass is 296 g/mol. The second kappa shape index (κ2) is 4.73. The molecule has 2 heterocycles. The highest BCUT2D eigenvalue weighted by atomic mass is 16.5. The first-order chi connectivity index (χ1) is 10.6. The number of ether oxygens (including phenoxy) is 1. The highest BCUT2D eigenvalue weighted by Crippen LogP contribution is 2.39. The van der Waals surface area contributed by atoms with Gasteiger partial charge in [0.1, 0.15) is 5.75 Å². The minimum atomic E-state index is -0.437. The number of aliphatic hydroxyl groups is 1. The zero-order valence-electron chi connectivity index (χ0n) is 13.1. The number of hydrogen-bond donors (Lipinski definition) is 3. The van der Waals surface area contributed by atoms with Gasteiger partial charge in [-0.05, 0) is 54.3 Å². The first kappa shape index (κ1) is 13.6. The zero-order valence-corrected chi connectivity index (χ0v) is 13.1. The molecule has 4 heteroatoms. The quantitative estimate of drug-likeness (QED) is 0.647. The second-order valence-electron chi connectivity index (χ2n) is 6.08. The van der Waals surface area contributed by atoms with Crippen molar-refractivity contribution in [2.75, 3.05) is 13.7 Å². The number of H-pyrrole nitrogens is 1. The number of aliphatic hydroxyl groups excluding tert-OH is 1. The summed E-state index contributed by atoms with van der Waals surface area (Å²) in [5, 5.41) is 16.1.